The predicted molar refractivity (Wildman–Crippen MR) is 99.4 cm³/mol. The van der Waals surface area contributed by atoms with E-state index < -0.39 is 17.2 Å². The van der Waals surface area contributed by atoms with Gasteiger partial charge in [0.15, 0.2) is 0 Å². The lowest BCUT2D eigenvalue weighted by atomic mass is 9.89. The van der Waals surface area contributed by atoms with Crippen molar-refractivity contribution in [2.45, 2.75) is 24.9 Å². The molecule has 0 aliphatic carbocycles. The van der Waals surface area contributed by atoms with Gasteiger partial charge in [0.05, 0.1) is 16.8 Å². The maximum atomic E-state index is 12.7. The van der Waals surface area contributed by atoms with Gasteiger partial charge < -0.3 is 15.1 Å². The number of nitrogens with zero attached hydrogens (tertiary/aromatic N) is 2. The molecule has 2 N–H and O–H groups in total. The summed E-state index contributed by atoms with van der Waals surface area (Å²) >= 11 is 0. The van der Waals surface area contributed by atoms with E-state index in [0.29, 0.717) is 29.9 Å². The van der Waals surface area contributed by atoms with Crippen LogP contribution in [0.3, 0.4) is 0 Å². The molecular formula is C20H17F3N4O2. The van der Waals surface area contributed by atoms with Crippen molar-refractivity contribution in [3.05, 3.63) is 60.0 Å². The number of alkyl halides is 3. The van der Waals surface area contributed by atoms with Crippen LogP contribution in [-0.4, -0.2) is 22.6 Å². The first kappa shape index (κ1) is 19.0. The van der Waals surface area contributed by atoms with Crippen LogP contribution in [0.15, 0.2) is 52.9 Å². The van der Waals surface area contributed by atoms with Gasteiger partial charge in [-0.1, -0.05) is 12.1 Å². The zero-order valence-corrected chi connectivity index (χ0v) is 15.4. The summed E-state index contributed by atoms with van der Waals surface area (Å²) in [5.41, 5.74) is 0.0473. The Hall–Kier alpha value is -3.36. The molecule has 1 aliphatic heterocycles. The van der Waals surface area contributed by atoms with Gasteiger partial charge in [0.1, 0.15) is 5.41 Å². The van der Waals surface area contributed by atoms with Gasteiger partial charge >= 0.3 is 6.18 Å². The number of rotatable bonds is 4. The largest absolute Gasteiger partial charge is 0.419 e. The van der Waals surface area contributed by atoms with Crippen molar-refractivity contribution < 1.29 is 22.4 Å². The number of amides is 1. The number of nitrogens with one attached hydrogen (secondary N) is 2. The number of para-hydroxylation sites is 1. The van der Waals surface area contributed by atoms with E-state index in [1.165, 1.54) is 12.1 Å². The van der Waals surface area contributed by atoms with Gasteiger partial charge in [-0.25, -0.2) is 0 Å². The predicted octanol–water partition coefficient (Wildman–Crippen LogP) is 4.28. The highest BCUT2D eigenvalue weighted by molar-refractivity contribution is 5.88. The number of anilines is 2. The van der Waals surface area contributed by atoms with Crippen molar-refractivity contribution in [2.75, 3.05) is 11.9 Å². The number of halogens is 3. The quantitative estimate of drug-likeness (QED) is 0.681. The van der Waals surface area contributed by atoms with Crippen LogP contribution in [0.1, 0.15) is 24.8 Å². The van der Waals surface area contributed by atoms with Gasteiger partial charge in [0.2, 0.25) is 17.7 Å². The molecule has 150 valence electrons. The topological polar surface area (TPSA) is 80.1 Å². The summed E-state index contributed by atoms with van der Waals surface area (Å²) in [5.74, 6) is 0.284. The van der Waals surface area contributed by atoms with Crippen molar-refractivity contribution in [1.82, 2.24) is 15.5 Å². The van der Waals surface area contributed by atoms with Crippen molar-refractivity contribution in [3.63, 3.8) is 0 Å². The highest BCUT2D eigenvalue weighted by atomic mass is 19.4. The number of hydrogen-bond donors (Lipinski definition) is 2. The summed E-state index contributed by atoms with van der Waals surface area (Å²) in [6, 6.07) is 11.8. The van der Waals surface area contributed by atoms with E-state index in [0.717, 1.165) is 12.1 Å². The molecular weight excluding hydrogens is 385 g/mol. The Morgan fingerprint density at radius 3 is 2.48 bits per heavy atom. The Morgan fingerprint density at radius 1 is 1.10 bits per heavy atom. The highest BCUT2D eigenvalue weighted by Gasteiger charge is 2.44. The Labute approximate surface area is 164 Å². The second-order valence-corrected chi connectivity index (χ2v) is 7.00. The molecule has 0 bridgehead atoms. The second-order valence-electron chi connectivity index (χ2n) is 7.00. The third-order valence-corrected chi connectivity index (χ3v) is 4.96. The van der Waals surface area contributed by atoms with E-state index in [4.69, 9.17) is 4.42 Å². The summed E-state index contributed by atoms with van der Waals surface area (Å²) < 4.78 is 44.0. The molecule has 1 fully saturated rings. The number of carbonyl (C=O) groups is 1. The Balaban J connectivity index is 1.62. The molecule has 1 aliphatic rings. The van der Waals surface area contributed by atoms with Crippen LogP contribution in [-0.2, 0) is 16.4 Å². The van der Waals surface area contributed by atoms with E-state index in [9.17, 15) is 18.0 Å². The van der Waals surface area contributed by atoms with Crippen molar-refractivity contribution in [1.29, 1.82) is 0 Å². The molecule has 2 aromatic carbocycles. The molecule has 9 heteroatoms. The second kappa shape index (κ2) is 6.91. The Kier molecular flexibility index (Phi) is 4.52. The van der Waals surface area contributed by atoms with Crippen molar-refractivity contribution in [2.24, 2.45) is 0 Å². The van der Waals surface area contributed by atoms with Crippen LogP contribution in [0.2, 0.25) is 0 Å². The molecule has 0 radical (unpaired) electrons. The summed E-state index contributed by atoms with van der Waals surface area (Å²) in [5, 5.41) is 14.0. The van der Waals surface area contributed by atoms with Crippen LogP contribution >= 0.6 is 0 Å². The van der Waals surface area contributed by atoms with E-state index in [1.54, 1.807) is 31.2 Å². The smallest absolute Gasteiger partial charge is 0.416 e. The first-order valence-corrected chi connectivity index (χ1v) is 8.93. The van der Waals surface area contributed by atoms with Crippen LogP contribution in [0.5, 0.6) is 0 Å². The SMILES string of the molecule is CC1(c2nnc(-c3ccccc3Nc3ccc(C(F)(F)F)cc3)o2)CCNC1=O. The minimum atomic E-state index is -4.39. The molecule has 2 heterocycles. The minimum Gasteiger partial charge on any atom is -0.419 e. The lowest BCUT2D eigenvalue weighted by Gasteiger charge is -2.14. The standard InChI is InChI=1S/C20H17F3N4O2/c1-19(10-11-24-17(19)28)18-27-26-16(29-18)14-4-2-3-5-15(14)25-13-8-6-12(7-9-13)20(21,22)23/h2-9,25H,10-11H2,1H3,(H,24,28). The van der Waals surface area contributed by atoms with Crippen LogP contribution < -0.4 is 10.6 Å². The van der Waals surface area contributed by atoms with Gasteiger partial charge in [-0.05, 0) is 49.7 Å². The van der Waals surface area contributed by atoms with Crippen LogP contribution in [0.4, 0.5) is 24.5 Å². The Bertz CT molecular complexity index is 1050. The molecule has 0 saturated carbocycles. The average molecular weight is 402 g/mol. The van der Waals surface area contributed by atoms with Gasteiger partial charge in [0, 0.05) is 12.2 Å². The summed E-state index contributed by atoms with van der Waals surface area (Å²) in [6.45, 7) is 2.29. The third kappa shape index (κ3) is 3.55. The molecule has 29 heavy (non-hydrogen) atoms. The van der Waals surface area contributed by atoms with Gasteiger partial charge in [-0.2, -0.15) is 13.2 Å². The summed E-state index contributed by atoms with van der Waals surface area (Å²) in [7, 11) is 0. The monoisotopic (exact) mass is 402 g/mol. The first-order chi connectivity index (χ1) is 13.8. The molecule has 1 amide bonds. The van der Waals surface area contributed by atoms with Crippen molar-refractivity contribution in [3.8, 4) is 11.5 Å². The molecule has 1 unspecified atom stereocenters. The molecule has 4 rings (SSSR count). The maximum absolute atomic E-state index is 12.7. The fraction of sp³-hybridized carbons (Fsp3) is 0.250. The maximum Gasteiger partial charge on any atom is 0.416 e. The summed E-state index contributed by atoms with van der Waals surface area (Å²) in [4.78, 5) is 12.1. The van der Waals surface area contributed by atoms with E-state index in [-0.39, 0.29) is 17.7 Å². The minimum absolute atomic E-state index is 0.163. The van der Waals surface area contributed by atoms with E-state index >= 15 is 0 Å². The number of carbonyl (C=O) groups excluding carboxylic acids is 1. The zero-order valence-electron chi connectivity index (χ0n) is 15.4. The van der Waals surface area contributed by atoms with E-state index in [1.807, 2.05) is 0 Å². The lowest BCUT2D eigenvalue weighted by Crippen LogP contribution is -2.32. The third-order valence-electron chi connectivity index (χ3n) is 4.96. The Morgan fingerprint density at radius 2 is 1.83 bits per heavy atom. The fourth-order valence-corrected chi connectivity index (χ4v) is 3.17. The molecule has 6 nitrogen and oxygen atoms in total. The zero-order chi connectivity index (χ0) is 20.6. The fourth-order valence-electron chi connectivity index (χ4n) is 3.17. The summed E-state index contributed by atoms with van der Waals surface area (Å²) in [6.07, 6.45) is -3.84. The molecule has 0 spiro atoms. The van der Waals surface area contributed by atoms with Crippen LogP contribution in [0.25, 0.3) is 11.5 Å². The van der Waals surface area contributed by atoms with Gasteiger partial charge in [-0.15, -0.1) is 10.2 Å². The first-order valence-electron chi connectivity index (χ1n) is 8.93. The lowest BCUT2D eigenvalue weighted by molar-refractivity contribution is -0.137. The van der Waals surface area contributed by atoms with Gasteiger partial charge in [0.25, 0.3) is 0 Å². The normalized spacial score (nSPS) is 19.2. The highest BCUT2D eigenvalue weighted by Crippen LogP contribution is 2.35. The van der Waals surface area contributed by atoms with E-state index in [2.05, 4.69) is 20.8 Å². The molecule has 1 aromatic heterocycles. The molecule has 1 saturated heterocycles. The van der Waals surface area contributed by atoms with Gasteiger partial charge in [-0.3, -0.25) is 4.79 Å². The van der Waals surface area contributed by atoms with Crippen molar-refractivity contribution >= 4 is 17.3 Å². The van der Waals surface area contributed by atoms with Crippen LogP contribution in [0, 0.1) is 0 Å². The number of benzene rings is 2. The average Bonchev–Trinajstić information content (AvgIpc) is 3.30. The number of aromatic nitrogens is 2. The molecule has 3 aromatic rings. The number of hydrogen-bond acceptors (Lipinski definition) is 5. The molecule has 1 atom stereocenters.